The number of hydrogen-bond acceptors (Lipinski definition) is 7. The van der Waals surface area contributed by atoms with Crippen molar-refractivity contribution < 1.29 is 34.2 Å². The van der Waals surface area contributed by atoms with E-state index in [0.717, 1.165) is 0 Å². The van der Waals surface area contributed by atoms with Crippen LogP contribution < -0.4 is 27.4 Å². The van der Waals surface area contributed by atoms with Gasteiger partial charge in [-0.15, -0.1) is 0 Å². The van der Waals surface area contributed by atoms with Gasteiger partial charge < -0.3 is 37.6 Å². The number of amides is 4. The van der Waals surface area contributed by atoms with Crippen LogP contribution in [0.3, 0.4) is 0 Å². The van der Waals surface area contributed by atoms with Crippen molar-refractivity contribution in [2.45, 2.75) is 44.8 Å². The summed E-state index contributed by atoms with van der Waals surface area (Å²) in [5.41, 5.74) is 10.2. The van der Waals surface area contributed by atoms with Crippen molar-refractivity contribution >= 4 is 29.6 Å². The Morgan fingerprint density at radius 2 is 1.44 bits per heavy atom. The molecule has 3 unspecified atom stereocenters. The summed E-state index contributed by atoms with van der Waals surface area (Å²) < 4.78 is 0. The summed E-state index contributed by atoms with van der Waals surface area (Å²) in [6.07, 6.45) is -0.410. The van der Waals surface area contributed by atoms with Crippen LogP contribution in [0.1, 0.15) is 26.7 Å². The number of carbonyl (C=O) groups is 5. The molecule has 0 aliphatic heterocycles. The van der Waals surface area contributed by atoms with Gasteiger partial charge >= 0.3 is 5.97 Å². The summed E-state index contributed by atoms with van der Waals surface area (Å²) in [6.45, 7) is 2.26. The molecule has 0 aromatic rings. The number of hydrogen-bond donors (Lipinski definition) is 7. The molecule has 0 heterocycles. The molecule has 0 spiro atoms. The van der Waals surface area contributed by atoms with Crippen LogP contribution in [0.15, 0.2) is 0 Å². The highest BCUT2D eigenvalue weighted by molar-refractivity contribution is 5.95. The molecule has 3 atom stereocenters. The Bertz CT molecular complexity index is 567. The lowest BCUT2D eigenvalue weighted by Crippen LogP contribution is -2.58. The molecule has 0 aliphatic rings. The highest BCUT2D eigenvalue weighted by Gasteiger charge is 2.30. The maximum Gasteiger partial charge on any atom is 0.326 e. The van der Waals surface area contributed by atoms with Crippen LogP contribution in [0.4, 0.5) is 0 Å². The molecule has 0 saturated carbocycles. The normalized spacial score (nSPS) is 14.0. The monoisotopic (exact) mass is 389 g/mol. The van der Waals surface area contributed by atoms with Crippen molar-refractivity contribution in [2.24, 2.45) is 17.4 Å². The minimum atomic E-state index is -1.49. The zero-order chi connectivity index (χ0) is 21.1. The molecular formula is C15H27N5O7. The molecule has 12 heteroatoms. The number of rotatable bonds is 12. The van der Waals surface area contributed by atoms with Crippen molar-refractivity contribution in [1.82, 2.24) is 16.0 Å². The third kappa shape index (κ3) is 9.51. The van der Waals surface area contributed by atoms with E-state index in [0.29, 0.717) is 0 Å². The molecule has 0 aliphatic carbocycles. The SMILES string of the molecule is CC(C)CC(NC(=O)C(CO)NC(=O)C(CC(N)=O)NC(=O)CN)C(=O)O. The molecular weight excluding hydrogens is 362 g/mol. The first-order chi connectivity index (χ1) is 12.5. The summed E-state index contributed by atoms with van der Waals surface area (Å²) >= 11 is 0. The van der Waals surface area contributed by atoms with E-state index >= 15 is 0 Å². The fourth-order valence-electron chi connectivity index (χ4n) is 2.10. The van der Waals surface area contributed by atoms with Gasteiger partial charge in [-0.05, 0) is 12.3 Å². The van der Waals surface area contributed by atoms with Gasteiger partial charge in [0.15, 0.2) is 0 Å². The van der Waals surface area contributed by atoms with Crippen LogP contribution in [-0.2, 0) is 24.0 Å². The highest BCUT2D eigenvalue weighted by Crippen LogP contribution is 2.05. The summed E-state index contributed by atoms with van der Waals surface area (Å²) in [5, 5.41) is 25.0. The van der Waals surface area contributed by atoms with Crippen molar-refractivity contribution in [3.8, 4) is 0 Å². The number of carboxylic acids is 1. The quantitative estimate of drug-likeness (QED) is 0.176. The first-order valence-electron chi connectivity index (χ1n) is 8.23. The van der Waals surface area contributed by atoms with E-state index in [-0.39, 0.29) is 12.3 Å². The second-order valence-electron chi connectivity index (χ2n) is 6.27. The Balaban J connectivity index is 5.10. The Morgan fingerprint density at radius 3 is 1.85 bits per heavy atom. The maximum absolute atomic E-state index is 12.2. The molecule has 0 fully saturated rings. The predicted molar refractivity (Wildman–Crippen MR) is 92.8 cm³/mol. The molecule has 0 radical (unpaired) electrons. The van der Waals surface area contributed by atoms with Crippen LogP contribution in [-0.4, -0.2) is 71.1 Å². The fraction of sp³-hybridized carbons (Fsp3) is 0.667. The largest absolute Gasteiger partial charge is 0.480 e. The number of carbonyl (C=O) groups excluding carboxylic acids is 4. The standard InChI is InChI=1S/C15H27N5O7/c1-7(2)3-9(15(26)27)19-14(25)10(6-21)20-13(24)8(4-11(17)22)18-12(23)5-16/h7-10,21H,3-6,16H2,1-2H3,(H2,17,22)(H,18,23)(H,19,25)(H,20,24)(H,26,27). The zero-order valence-corrected chi connectivity index (χ0v) is 15.2. The Kier molecular flexibility index (Phi) is 10.6. The van der Waals surface area contributed by atoms with Gasteiger partial charge in [0.05, 0.1) is 19.6 Å². The molecule has 0 bridgehead atoms. The number of aliphatic hydroxyl groups is 1. The molecule has 0 aromatic carbocycles. The van der Waals surface area contributed by atoms with Crippen LogP contribution in [0.2, 0.25) is 0 Å². The molecule has 0 aromatic heterocycles. The molecule has 154 valence electrons. The minimum absolute atomic E-state index is 0.0278. The molecule has 0 rings (SSSR count). The molecule has 9 N–H and O–H groups in total. The van der Waals surface area contributed by atoms with Gasteiger partial charge in [0.2, 0.25) is 23.6 Å². The Morgan fingerprint density at radius 1 is 0.926 bits per heavy atom. The topological polar surface area (TPSA) is 214 Å². The van der Waals surface area contributed by atoms with Crippen LogP contribution in [0.25, 0.3) is 0 Å². The number of nitrogens with two attached hydrogens (primary N) is 2. The summed E-state index contributed by atoms with van der Waals surface area (Å²) in [6, 6.07) is -4.09. The second kappa shape index (κ2) is 11.8. The van der Waals surface area contributed by atoms with Crippen molar-refractivity contribution in [1.29, 1.82) is 0 Å². The maximum atomic E-state index is 12.2. The Hall–Kier alpha value is -2.73. The first-order valence-corrected chi connectivity index (χ1v) is 8.23. The number of primary amides is 1. The van der Waals surface area contributed by atoms with E-state index in [1.807, 2.05) is 0 Å². The van der Waals surface area contributed by atoms with Gasteiger partial charge in [-0.2, -0.15) is 0 Å². The number of nitrogens with one attached hydrogen (secondary N) is 3. The predicted octanol–water partition coefficient (Wildman–Crippen LogP) is -3.60. The molecule has 27 heavy (non-hydrogen) atoms. The van der Waals surface area contributed by atoms with Gasteiger partial charge in [-0.25, -0.2) is 4.79 Å². The lowest BCUT2D eigenvalue weighted by molar-refractivity contribution is -0.143. The average molecular weight is 389 g/mol. The smallest absolute Gasteiger partial charge is 0.326 e. The van der Waals surface area contributed by atoms with Crippen LogP contribution in [0, 0.1) is 5.92 Å². The summed E-state index contributed by atoms with van der Waals surface area (Å²) in [7, 11) is 0. The lowest BCUT2D eigenvalue weighted by atomic mass is 10.0. The van der Waals surface area contributed by atoms with E-state index in [1.54, 1.807) is 13.8 Å². The number of carboxylic acid groups (broad SMARTS) is 1. The van der Waals surface area contributed by atoms with Gasteiger partial charge in [-0.1, -0.05) is 13.8 Å². The highest BCUT2D eigenvalue weighted by atomic mass is 16.4. The van der Waals surface area contributed by atoms with E-state index in [1.165, 1.54) is 0 Å². The van der Waals surface area contributed by atoms with E-state index in [4.69, 9.17) is 16.6 Å². The summed E-state index contributed by atoms with van der Waals surface area (Å²) in [4.78, 5) is 58.0. The van der Waals surface area contributed by atoms with Gasteiger partial charge in [-0.3, -0.25) is 19.2 Å². The average Bonchev–Trinajstić information content (AvgIpc) is 2.56. The number of aliphatic hydroxyl groups excluding tert-OH is 1. The third-order valence-electron chi connectivity index (χ3n) is 3.38. The third-order valence-corrected chi connectivity index (χ3v) is 3.38. The van der Waals surface area contributed by atoms with Gasteiger partial charge in [0.25, 0.3) is 0 Å². The van der Waals surface area contributed by atoms with E-state index in [9.17, 15) is 29.1 Å². The van der Waals surface area contributed by atoms with E-state index < -0.39 is 67.3 Å². The fourth-order valence-corrected chi connectivity index (χ4v) is 2.10. The first kappa shape index (κ1) is 24.3. The van der Waals surface area contributed by atoms with E-state index in [2.05, 4.69) is 16.0 Å². The molecule has 4 amide bonds. The van der Waals surface area contributed by atoms with Crippen molar-refractivity contribution in [3.63, 3.8) is 0 Å². The molecule has 12 nitrogen and oxygen atoms in total. The van der Waals surface area contributed by atoms with Crippen LogP contribution in [0.5, 0.6) is 0 Å². The summed E-state index contributed by atoms with van der Waals surface area (Å²) in [5.74, 6) is -4.80. The van der Waals surface area contributed by atoms with Gasteiger partial charge in [0.1, 0.15) is 18.1 Å². The zero-order valence-electron chi connectivity index (χ0n) is 15.2. The molecule has 0 saturated heterocycles. The lowest BCUT2D eigenvalue weighted by Gasteiger charge is -2.23. The van der Waals surface area contributed by atoms with Crippen LogP contribution >= 0.6 is 0 Å². The number of aliphatic carboxylic acids is 1. The van der Waals surface area contributed by atoms with Gasteiger partial charge in [0, 0.05) is 0 Å². The second-order valence-corrected chi connectivity index (χ2v) is 6.27. The van der Waals surface area contributed by atoms with Crippen molar-refractivity contribution in [3.05, 3.63) is 0 Å². The van der Waals surface area contributed by atoms with Crippen molar-refractivity contribution in [2.75, 3.05) is 13.2 Å². The Labute approximate surface area is 156 Å². The minimum Gasteiger partial charge on any atom is -0.480 e.